The molecule has 0 aromatic carbocycles. The summed E-state index contributed by atoms with van der Waals surface area (Å²) in [6.45, 7) is 4.60. The van der Waals surface area contributed by atoms with Crippen molar-refractivity contribution in [3.63, 3.8) is 0 Å². The van der Waals surface area contributed by atoms with E-state index >= 15 is 0 Å². The fraction of sp³-hybridized carbons (Fsp3) is 0.833. The van der Waals surface area contributed by atoms with Crippen LogP contribution in [0.25, 0.3) is 0 Å². The van der Waals surface area contributed by atoms with Crippen LogP contribution < -0.4 is 0 Å². The van der Waals surface area contributed by atoms with Gasteiger partial charge in [-0.25, -0.2) is 0 Å². The third-order valence-electron chi connectivity index (χ3n) is 2.53. The van der Waals surface area contributed by atoms with Gasteiger partial charge in [0.1, 0.15) is 5.60 Å². The van der Waals surface area contributed by atoms with E-state index in [1.165, 1.54) is 21.1 Å². The Bertz CT molecular complexity index is 278. The van der Waals surface area contributed by atoms with Gasteiger partial charge in [0.15, 0.2) is 12.2 Å². The van der Waals surface area contributed by atoms with Gasteiger partial charge >= 0.3 is 11.9 Å². The van der Waals surface area contributed by atoms with Crippen LogP contribution in [0.2, 0.25) is 0 Å². The Morgan fingerprint density at radius 2 is 1.42 bits per heavy atom. The highest BCUT2D eigenvalue weighted by Crippen LogP contribution is 2.26. The van der Waals surface area contributed by atoms with Crippen molar-refractivity contribution >= 4 is 11.9 Å². The Labute approximate surface area is 112 Å². The van der Waals surface area contributed by atoms with Gasteiger partial charge in [0, 0.05) is 14.2 Å². The van der Waals surface area contributed by atoms with Crippen molar-refractivity contribution < 1.29 is 33.6 Å². The predicted molar refractivity (Wildman–Crippen MR) is 65.2 cm³/mol. The minimum absolute atomic E-state index is 0.0788. The van der Waals surface area contributed by atoms with Crippen LogP contribution in [-0.4, -0.2) is 56.4 Å². The molecule has 0 aromatic rings. The topological polar surface area (TPSA) is 91.3 Å². The molecule has 7 heteroatoms. The van der Waals surface area contributed by atoms with Gasteiger partial charge in [0.2, 0.25) is 0 Å². The van der Waals surface area contributed by atoms with E-state index in [0.717, 1.165) is 0 Å². The van der Waals surface area contributed by atoms with Crippen molar-refractivity contribution in [1.29, 1.82) is 0 Å². The summed E-state index contributed by atoms with van der Waals surface area (Å²) in [5, 5.41) is 10.4. The summed E-state index contributed by atoms with van der Waals surface area (Å²) in [5.74, 6) is -3.31. The molecular weight excluding hydrogens is 256 g/mol. The molecule has 1 N–H and O–H groups in total. The molecule has 0 amide bonds. The highest BCUT2D eigenvalue weighted by molar-refractivity contribution is 5.96. The SMILES string of the molecule is CCOC(=O)C(C(=O)OCC)C(C)(O)C(OC)OC. The van der Waals surface area contributed by atoms with Gasteiger partial charge in [0.05, 0.1) is 13.2 Å². The molecule has 112 valence electrons. The summed E-state index contributed by atoms with van der Waals surface area (Å²) >= 11 is 0. The first-order valence-corrected chi connectivity index (χ1v) is 5.97. The van der Waals surface area contributed by atoms with Crippen LogP contribution >= 0.6 is 0 Å². The molecule has 0 radical (unpaired) electrons. The average Bonchev–Trinajstić information content (AvgIpc) is 2.30. The Morgan fingerprint density at radius 3 is 1.68 bits per heavy atom. The summed E-state index contributed by atoms with van der Waals surface area (Å²) in [7, 11) is 2.58. The highest BCUT2D eigenvalue weighted by atomic mass is 16.7. The summed E-state index contributed by atoms with van der Waals surface area (Å²) < 4.78 is 19.4. The molecule has 19 heavy (non-hydrogen) atoms. The average molecular weight is 278 g/mol. The lowest BCUT2D eigenvalue weighted by Crippen LogP contribution is -2.55. The second kappa shape index (κ2) is 8.08. The number of hydrogen-bond donors (Lipinski definition) is 1. The van der Waals surface area contributed by atoms with E-state index < -0.39 is 29.7 Å². The molecule has 0 aliphatic heterocycles. The quantitative estimate of drug-likeness (QED) is 0.382. The normalized spacial score (nSPS) is 14.3. The monoisotopic (exact) mass is 278 g/mol. The number of carbonyl (C=O) groups is 2. The third kappa shape index (κ3) is 4.45. The first kappa shape index (κ1) is 17.8. The number of rotatable bonds is 8. The van der Waals surface area contributed by atoms with E-state index in [0.29, 0.717) is 0 Å². The van der Waals surface area contributed by atoms with E-state index in [2.05, 4.69) is 0 Å². The number of ether oxygens (including phenoxy) is 4. The maximum absolute atomic E-state index is 11.8. The molecule has 0 saturated carbocycles. The van der Waals surface area contributed by atoms with Crippen LogP contribution in [0, 0.1) is 5.92 Å². The Kier molecular flexibility index (Phi) is 7.58. The first-order chi connectivity index (χ1) is 8.86. The molecule has 0 heterocycles. The van der Waals surface area contributed by atoms with Crippen LogP contribution in [0.5, 0.6) is 0 Å². The zero-order valence-corrected chi connectivity index (χ0v) is 12.0. The molecule has 0 fully saturated rings. The Hall–Kier alpha value is -1.18. The lowest BCUT2D eigenvalue weighted by atomic mass is 9.88. The van der Waals surface area contributed by atoms with Crippen LogP contribution in [0.3, 0.4) is 0 Å². The standard InChI is InChI=1S/C12H22O7/c1-6-18-9(13)8(10(14)19-7-2)12(3,15)11(16-4)17-5/h8,11,15H,6-7H2,1-5H3. The van der Waals surface area contributed by atoms with Crippen LogP contribution in [0.4, 0.5) is 0 Å². The zero-order chi connectivity index (χ0) is 15.1. The molecule has 0 bridgehead atoms. The third-order valence-corrected chi connectivity index (χ3v) is 2.53. The minimum Gasteiger partial charge on any atom is -0.465 e. The lowest BCUT2D eigenvalue weighted by Gasteiger charge is -2.34. The van der Waals surface area contributed by atoms with Crippen LogP contribution in [0.1, 0.15) is 20.8 Å². The zero-order valence-electron chi connectivity index (χ0n) is 12.0. The molecule has 0 rings (SSSR count). The van der Waals surface area contributed by atoms with Gasteiger partial charge < -0.3 is 24.1 Å². The van der Waals surface area contributed by atoms with E-state index in [1.54, 1.807) is 13.8 Å². The maximum atomic E-state index is 11.8. The molecule has 1 unspecified atom stereocenters. The molecule has 7 nitrogen and oxygen atoms in total. The Morgan fingerprint density at radius 1 is 1.05 bits per heavy atom. The Balaban J connectivity index is 5.31. The number of aliphatic hydroxyl groups is 1. The number of methoxy groups -OCH3 is 2. The number of hydrogen-bond acceptors (Lipinski definition) is 7. The van der Waals surface area contributed by atoms with Gasteiger partial charge in [-0.1, -0.05) is 0 Å². The molecule has 0 spiro atoms. The van der Waals surface area contributed by atoms with Crippen molar-refractivity contribution in [2.75, 3.05) is 27.4 Å². The number of carbonyl (C=O) groups excluding carboxylic acids is 2. The fourth-order valence-corrected chi connectivity index (χ4v) is 1.73. The minimum atomic E-state index is -1.91. The lowest BCUT2D eigenvalue weighted by molar-refractivity contribution is -0.234. The molecule has 0 aliphatic rings. The summed E-state index contributed by atoms with van der Waals surface area (Å²) in [4.78, 5) is 23.7. The van der Waals surface area contributed by atoms with Gasteiger partial charge in [-0.2, -0.15) is 0 Å². The smallest absolute Gasteiger partial charge is 0.323 e. The molecule has 0 saturated heterocycles. The van der Waals surface area contributed by atoms with Gasteiger partial charge in [0.25, 0.3) is 0 Å². The predicted octanol–water partition coefficient (Wildman–Crippen LogP) is 0.0987. The van der Waals surface area contributed by atoms with E-state index in [-0.39, 0.29) is 13.2 Å². The van der Waals surface area contributed by atoms with Crippen molar-refractivity contribution in [3.8, 4) is 0 Å². The van der Waals surface area contributed by atoms with Gasteiger partial charge in [-0.3, -0.25) is 9.59 Å². The van der Waals surface area contributed by atoms with Crippen LogP contribution in [0.15, 0.2) is 0 Å². The van der Waals surface area contributed by atoms with E-state index in [1.807, 2.05) is 0 Å². The van der Waals surface area contributed by atoms with Gasteiger partial charge in [-0.15, -0.1) is 0 Å². The van der Waals surface area contributed by atoms with E-state index in [9.17, 15) is 14.7 Å². The molecular formula is C12H22O7. The second-order valence-corrected chi connectivity index (χ2v) is 3.97. The summed E-state index contributed by atoms with van der Waals surface area (Å²) in [6.07, 6.45) is -1.17. The van der Waals surface area contributed by atoms with Crippen LogP contribution in [-0.2, 0) is 28.5 Å². The van der Waals surface area contributed by atoms with Crippen molar-refractivity contribution in [3.05, 3.63) is 0 Å². The largest absolute Gasteiger partial charge is 0.465 e. The second-order valence-electron chi connectivity index (χ2n) is 3.97. The van der Waals surface area contributed by atoms with Gasteiger partial charge in [-0.05, 0) is 20.8 Å². The summed E-state index contributed by atoms with van der Waals surface area (Å²) in [6, 6.07) is 0. The maximum Gasteiger partial charge on any atom is 0.323 e. The molecule has 1 atom stereocenters. The number of esters is 2. The van der Waals surface area contributed by atoms with Crippen molar-refractivity contribution in [2.45, 2.75) is 32.7 Å². The first-order valence-electron chi connectivity index (χ1n) is 5.97. The van der Waals surface area contributed by atoms with Crippen molar-refractivity contribution in [2.24, 2.45) is 5.92 Å². The molecule has 0 aromatic heterocycles. The fourth-order valence-electron chi connectivity index (χ4n) is 1.73. The summed E-state index contributed by atoms with van der Waals surface area (Å²) in [5.41, 5.74) is -1.91. The van der Waals surface area contributed by atoms with E-state index in [4.69, 9.17) is 18.9 Å². The molecule has 0 aliphatic carbocycles. The van der Waals surface area contributed by atoms with Crippen molar-refractivity contribution in [1.82, 2.24) is 0 Å². The highest BCUT2D eigenvalue weighted by Gasteiger charge is 2.51.